The van der Waals surface area contributed by atoms with Crippen molar-refractivity contribution in [3.05, 3.63) is 29.2 Å². The number of likely N-dealkylation sites (N-methyl/N-ethyl adjacent to an activating group) is 1. The molecule has 1 aliphatic rings. The molecule has 0 bridgehead atoms. The van der Waals surface area contributed by atoms with Gasteiger partial charge in [-0.15, -0.1) is 0 Å². The van der Waals surface area contributed by atoms with Gasteiger partial charge in [0.15, 0.2) is 0 Å². The number of nitrogens with one attached hydrogen (secondary N) is 1. The van der Waals surface area contributed by atoms with Crippen LogP contribution in [0, 0.1) is 5.82 Å². The Morgan fingerprint density at radius 1 is 1.13 bits per heavy atom. The van der Waals surface area contributed by atoms with E-state index in [1.807, 2.05) is 0 Å². The molecule has 0 spiro atoms. The van der Waals surface area contributed by atoms with Crippen LogP contribution in [0.25, 0.3) is 10.9 Å². The topological polar surface area (TPSA) is 19.0 Å². The molecule has 128 valence electrons. The summed E-state index contributed by atoms with van der Waals surface area (Å²) in [5, 5.41) is 1.08. The summed E-state index contributed by atoms with van der Waals surface area (Å²) >= 11 is 0. The first-order valence-electron chi connectivity index (χ1n) is 8.36. The standard InChI is InChI=1S/C19H29FN2S/c1-19(2,3)23(5,6)18-12-17-14(11-15(18)20)13-7-9-22(4)10-8-16(13)21-17/h11-12,21H,7-10H2,1-6H3. The Bertz CT molecular complexity index is 740. The fraction of sp³-hybridized carbons (Fsp3) is 0.579. The molecule has 1 aromatic carbocycles. The summed E-state index contributed by atoms with van der Waals surface area (Å²) in [7, 11) is 0.936. The second-order valence-corrected chi connectivity index (χ2v) is 12.5. The first kappa shape index (κ1) is 16.8. The highest BCUT2D eigenvalue weighted by Crippen LogP contribution is 2.60. The summed E-state index contributed by atoms with van der Waals surface area (Å²) in [5.41, 5.74) is 3.73. The minimum Gasteiger partial charge on any atom is -0.358 e. The maximum Gasteiger partial charge on any atom is 0.136 e. The van der Waals surface area contributed by atoms with Crippen molar-refractivity contribution in [3.63, 3.8) is 0 Å². The Morgan fingerprint density at radius 2 is 1.78 bits per heavy atom. The monoisotopic (exact) mass is 336 g/mol. The number of nitrogens with zero attached hydrogens (tertiary/aromatic N) is 1. The van der Waals surface area contributed by atoms with Crippen LogP contribution in [0.4, 0.5) is 4.39 Å². The fourth-order valence-electron chi connectivity index (χ4n) is 3.24. The van der Waals surface area contributed by atoms with E-state index in [0.29, 0.717) is 0 Å². The largest absolute Gasteiger partial charge is 0.358 e. The summed E-state index contributed by atoms with van der Waals surface area (Å²) in [6.07, 6.45) is 6.47. The molecular weight excluding hydrogens is 307 g/mol. The highest BCUT2D eigenvalue weighted by atomic mass is 32.3. The van der Waals surface area contributed by atoms with Crippen LogP contribution in [0.1, 0.15) is 32.0 Å². The van der Waals surface area contributed by atoms with E-state index >= 15 is 0 Å². The molecule has 0 saturated carbocycles. The van der Waals surface area contributed by atoms with Crippen molar-refractivity contribution in [1.29, 1.82) is 0 Å². The molecule has 1 aliphatic heterocycles. The van der Waals surface area contributed by atoms with Crippen LogP contribution in [0.15, 0.2) is 17.0 Å². The number of fused-ring (bicyclic) bond motifs is 3. The summed E-state index contributed by atoms with van der Waals surface area (Å²) < 4.78 is 15.0. The van der Waals surface area contributed by atoms with Crippen LogP contribution in [-0.2, 0) is 12.8 Å². The second kappa shape index (κ2) is 5.52. The van der Waals surface area contributed by atoms with E-state index in [0.717, 1.165) is 41.7 Å². The van der Waals surface area contributed by atoms with Crippen molar-refractivity contribution in [2.45, 2.75) is 43.3 Å². The van der Waals surface area contributed by atoms with Gasteiger partial charge in [-0.3, -0.25) is 0 Å². The normalized spacial score (nSPS) is 18.0. The van der Waals surface area contributed by atoms with Gasteiger partial charge in [0.2, 0.25) is 0 Å². The Balaban J connectivity index is 2.14. The van der Waals surface area contributed by atoms with Crippen molar-refractivity contribution in [2.75, 3.05) is 32.6 Å². The van der Waals surface area contributed by atoms with Crippen LogP contribution >= 0.6 is 10.0 Å². The Kier molecular flexibility index (Phi) is 4.04. The van der Waals surface area contributed by atoms with Crippen molar-refractivity contribution in [1.82, 2.24) is 9.88 Å². The number of benzene rings is 1. The van der Waals surface area contributed by atoms with Gasteiger partial charge in [0.25, 0.3) is 0 Å². The Morgan fingerprint density at radius 3 is 2.43 bits per heavy atom. The minimum atomic E-state index is -1.22. The average molecular weight is 337 g/mol. The molecule has 2 heterocycles. The lowest BCUT2D eigenvalue weighted by Gasteiger charge is -2.45. The first-order chi connectivity index (χ1) is 10.6. The van der Waals surface area contributed by atoms with E-state index in [2.05, 4.69) is 56.3 Å². The van der Waals surface area contributed by atoms with Crippen molar-refractivity contribution in [2.24, 2.45) is 0 Å². The predicted octanol–water partition coefficient (Wildman–Crippen LogP) is 4.56. The highest BCUT2D eigenvalue weighted by molar-refractivity contribution is 8.33. The van der Waals surface area contributed by atoms with Gasteiger partial charge in [0.1, 0.15) is 5.82 Å². The molecule has 0 saturated heterocycles. The highest BCUT2D eigenvalue weighted by Gasteiger charge is 2.32. The molecule has 23 heavy (non-hydrogen) atoms. The third-order valence-corrected chi connectivity index (χ3v) is 10.1. The third-order valence-electron chi connectivity index (χ3n) is 5.61. The van der Waals surface area contributed by atoms with Gasteiger partial charge in [-0.1, -0.05) is 20.8 Å². The smallest absolute Gasteiger partial charge is 0.136 e. The SMILES string of the molecule is CN1CCc2[nH]c3cc(S(C)(C)C(C)(C)C)c(F)cc3c2CC1. The molecule has 0 fully saturated rings. The van der Waals surface area contributed by atoms with E-state index < -0.39 is 10.0 Å². The third kappa shape index (κ3) is 2.80. The van der Waals surface area contributed by atoms with Gasteiger partial charge < -0.3 is 9.88 Å². The van der Waals surface area contributed by atoms with Crippen LogP contribution in [0.3, 0.4) is 0 Å². The second-order valence-electron chi connectivity index (χ2n) is 8.15. The van der Waals surface area contributed by atoms with Gasteiger partial charge in [-0.05, 0) is 48.4 Å². The average Bonchev–Trinajstić information content (AvgIpc) is 2.66. The number of halogens is 1. The molecule has 1 aromatic heterocycles. The zero-order chi connectivity index (χ0) is 17.0. The van der Waals surface area contributed by atoms with Gasteiger partial charge in [0.05, 0.1) is 0 Å². The van der Waals surface area contributed by atoms with Gasteiger partial charge in [0, 0.05) is 41.0 Å². The van der Waals surface area contributed by atoms with Crippen LogP contribution in [-0.4, -0.2) is 47.3 Å². The number of aromatic nitrogens is 1. The first-order valence-corrected chi connectivity index (χ1v) is 10.8. The van der Waals surface area contributed by atoms with E-state index in [4.69, 9.17) is 0 Å². The molecule has 4 heteroatoms. The van der Waals surface area contributed by atoms with Crippen LogP contribution < -0.4 is 0 Å². The summed E-state index contributed by atoms with van der Waals surface area (Å²) in [6.45, 7) is 8.75. The summed E-state index contributed by atoms with van der Waals surface area (Å²) in [6, 6.07) is 3.87. The fourth-order valence-corrected chi connectivity index (χ4v) is 4.86. The summed E-state index contributed by atoms with van der Waals surface area (Å²) in [5.74, 6) is -0.0353. The lowest BCUT2D eigenvalue weighted by atomic mass is 10.1. The molecule has 0 unspecified atom stereocenters. The number of aromatic amines is 1. The molecule has 2 aromatic rings. The van der Waals surface area contributed by atoms with Gasteiger partial charge >= 0.3 is 0 Å². The quantitative estimate of drug-likeness (QED) is 0.809. The molecule has 0 atom stereocenters. The zero-order valence-electron chi connectivity index (χ0n) is 15.2. The van der Waals surface area contributed by atoms with Crippen molar-refractivity contribution < 1.29 is 4.39 Å². The van der Waals surface area contributed by atoms with E-state index in [-0.39, 0.29) is 10.6 Å². The number of hydrogen-bond acceptors (Lipinski definition) is 1. The minimum absolute atomic E-state index is 0.0353. The van der Waals surface area contributed by atoms with E-state index in [1.165, 1.54) is 11.3 Å². The number of hydrogen-bond donors (Lipinski definition) is 1. The number of H-pyrrole nitrogens is 1. The van der Waals surface area contributed by atoms with Gasteiger partial charge in [-0.2, -0.15) is 0 Å². The molecule has 0 aliphatic carbocycles. The Labute approximate surface area is 140 Å². The number of rotatable bonds is 1. The molecule has 2 nitrogen and oxygen atoms in total. The lowest BCUT2D eigenvalue weighted by Crippen LogP contribution is -2.24. The van der Waals surface area contributed by atoms with Crippen molar-refractivity contribution >= 4 is 20.9 Å². The summed E-state index contributed by atoms with van der Waals surface area (Å²) in [4.78, 5) is 6.83. The lowest BCUT2D eigenvalue weighted by molar-refractivity contribution is 0.352. The van der Waals surface area contributed by atoms with Crippen molar-refractivity contribution in [3.8, 4) is 0 Å². The zero-order valence-corrected chi connectivity index (χ0v) is 16.0. The molecule has 3 rings (SSSR count). The molecule has 0 amide bonds. The molecule has 1 N–H and O–H groups in total. The van der Waals surface area contributed by atoms with Crippen LogP contribution in [0.2, 0.25) is 0 Å². The van der Waals surface area contributed by atoms with Crippen LogP contribution in [0.5, 0.6) is 0 Å². The van der Waals surface area contributed by atoms with E-state index in [1.54, 1.807) is 6.07 Å². The van der Waals surface area contributed by atoms with Gasteiger partial charge in [-0.25, -0.2) is 14.4 Å². The Hall–Kier alpha value is -1.00. The molecular formula is C19H29FN2S. The predicted molar refractivity (Wildman–Crippen MR) is 101 cm³/mol. The van der Waals surface area contributed by atoms with E-state index in [9.17, 15) is 4.39 Å². The maximum absolute atomic E-state index is 15.0. The maximum atomic E-state index is 15.0. The molecule has 0 radical (unpaired) electrons.